The summed E-state index contributed by atoms with van der Waals surface area (Å²) in [5.41, 5.74) is 0.103. The standard InChI is InChI=1S/C13H13NO4/c1-8(15)7-14-13(17)12-6-10(16)9-4-2-3-5-11(9)18-12/h2-6,8,15H,7H2,1H3,(H,14,17)/t8-/m1/s1. The maximum atomic E-state index is 11.8. The van der Waals surface area contributed by atoms with Crippen molar-refractivity contribution in [2.24, 2.45) is 0 Å². The minimum absolute atomic E-state index is 0.0562. The predicted octanol–water partition coefficient (Wildman–Crippen LogP) is 0.904. The molecular formula is C13H13NO4. The second-order valence-electron chi connectivity index (χ2n) is 4.03. The van der Waals surface area contributed by atoms with E-state index in [2.05, 4.69) is 5.32 Å². The highest BCUT2D eigenvalue weighted by atomic mass is 16.3. The number of benzene rings is 1. The normalized spacial score (nSPS) is 12.3. The van der Waals surface area contributed by atoms with Crippen molar-refractivity contribution in [1.82, 2.24) is 5.32 Å². The first-order chi connectivity index (χ1) is 8.58. The van der Waals surface area contributed by atoms with E-state index >= 15 is 0 Å². The number of hydrogen-bond donors (Lipinski definition) is 2. The summed E-state index contributed by atoms with van der Waals surface area (Å²) < 4.78 is 5.34. The molecule has 0 bridgehead atoms. The number of carbonyl (C=O) groups excluding carboxylic acids is 1. The lowest BCUT2D eigenvalue weighted by Crippen LogP contribution is -2.31. The van der Waals surface area contributed by atoms with Crippen LogP contribution < -0.4 is 10.7 Å². The van der Waals surface area contributed by atoms with Gasteiger partial charge >= 0.3 is 0 Å². The Labute approximate surface area is 103 Å². The third-order valence-corrected chi connectivity index (χ3v) is 2.42. The molecule has 1 amide bonds. The lowest BCUT2D eigenvalue weighted by atomic mass is 10.2. The molecule has 0 saturated carbocycles. The molecule has 1 atom stereocenters. The molecule has 1 heterocycles. The van der Waals surface area contributed by atoms with E-state index in [1.54, 1.807) is 31.2 Å². The van der Waals surface area contributed by atoms with Gasteiger partial charge in [0.15, 0.2) is 11.2 Å². The van der Waals surface area contributed by atoms with Gasteiger partial charge in [-0.2, -0.15) is 0 Å². The van der Waals surface area contributed by atoms with E-state index in [4.69, 9.17) is 9.52 Å². The summed E-state index contributed by atoms with van der Waals surface area (Å²) >= 11 is 0. The van der Waals surface area contributed by atoms with Crippen molar-refractivity contribution in [3.05, 3.63) is 46.3 Å². The van der Waals surface area contributed by atoms with Crippen LogP contribution in [0.4, 0.5) is 0 Å². The van der Waals surface area contributed by atoms with Crippen LogP contribution in [0.5, 0.6) is 0 Å². The molecule has 1 aromatic carbocycles. The van der Waals surface area contributed by atoms with Crippen molar-refractivity contribution in [1.29, 1.82) is 0 Å². The highest BCUT2D eigenvalue weighted by Gasteiger charge is 2.12. The average Bonchev–Trinajstić information content (AvgIpc) is 2.36. The zero-order valence-electron chi connectivity index (χ0n) is 9.84. The Morgan fingerprint density at radius 3 is 2.89 bits per heavy atom. The molecule has 0 unspecified atom stereocenters. The van der Waals surface area contributed by atoms with Gasteiger partial charge in [-0.1, -0.05) is 12.1 Å². The highest BCUT2D eigenvalue weighted by Crippen LogP contribution is 2.11. The summed E-state index contributed by atoms with van der Waals surface area (Å²) in [5.74, 6) is -0.571. The lowest BCUT2D eigenvalue weighted by molar-refractivity contribution is 0.0897. The van der Waals surface area contributed by atoms with Crippen LogP contribution in [0.2, 0.25) is 0 Å². The van der Waals surface area contributed by atoms with Gasteiger partial charge in [0.2, 0.25) is 0 Å². The Hall–Kier alpha value is -2.14. The Bertz CT molecular complexity index is 630. The molecule has 1 aromatic heterocycles. The number of amides is 1. The smallest absolute Gasteiger partial charge is 0.287 e. The number of fused-ring (bicyclic) bond motifs is 1. The fraction of sp³-hybridized carbons (Fsp3) is 0.231. The van der Waals surface area contributed by atoms with Gasteiger partial charge in [-0.3, -0.25) is 9.59 Å². The Balaban J connectivity index is 2.35. The maximum Gasteiger partial charge on any atom is 0.287 e. The number of nitrogens with one attached hydrogen (secondary N) is 1. The van der Waals surface area contributed by atoms with Crippen LogP contribution in [0.1, 0.15) is 17.5 Å². The van der Waals surface area contributed by atoms with Crippen molar-refractivity contribution in [2.45, 2.75) is 13.0 Å². The van der Waals surface area contributed by atoms with Gasteiger partial charge < -0.3 is 14.8 Å². The summed E-state index contributed by atoms with van der Waals surface area (Å²) in [5, 5.41) is 12.0. The first-order valence-corrected chi connectivity index (χ1v) is 5.57. The fourth-order valence-corrected chi connectivity index (χ4v) is 1.54. The molecule has 0 fully saturated rings. The second-order valence-corrected chi connectivity index (χ2v) is 4.03. The molecule has 0 aliphatic carbocycles. The van der Waals surface area contributed by atoms with Gasteiger partial charge in [0.25, 0.3) is 5.91 Å². The van der Waals surface area contributed by atoms with E-state index < -0.39 is 12.0 Å². The van der Waals surface area contributed by atoms with E-state index in [1.165, 1.54) is 0 Å². The maximum absolute atomic E-state index is 11.8. The molecule has 0 aliphatic rings. The molecule has 0 aliphatic heterocycles. The SMILES string of the molecule is C[C@@H](O)CNC(=O)c1cc(=O)c2ccccc2o1. The summed E-state index contributed by atoms with van der Waals surface area (Å²) in [7, 11) is 0. The van der Waals surface area contributed by atoms with Crippen molar-refractivity contribution >= 4 is 16.9 Å². The number of rotatable bonds is 3. The van der Waals surface area contributed by atoms with Crippen LogP contribution >= 0.6 is 0 Å². The molecular weight excluding hydrogens is 234 g/mol. The molecule has 0 spiro atoms. The first-order valence-electron chi connectivity index (χ1n) is 5.57. The zero-order chi connectivity index (χ0) is 13.1. The topological polar surface area (TPSA) is 79.5 Å². The van der Waals surface area contributed by atoms with Gasteiger partial charge in [-0.25, -0.2) is 0 Å². The number of aliphatic hydroxyl groups is 1. The largest absolute Gasteiger partial charge is 0.451 e. The second kappa shape index (κ2) is 5.01. The van der Waals surface area contributed by atoms with Crippen molar-refractivity contribution < 1.29 is 14.3 Å². The van der Waals surface area contributed by atoms with Crippen LogP contribution in [0.15, 0.2) is 39.5 Å². The molecule has 0 radical (unpaired) electrons. The van der Waals surface area contributed by atoms with Crippen LogP contribution in [0.3, 0.4) is 0 Å². The van der Waals surface area contributed by atoms with Crippen LogP contribution in [0.25, 0.3) is 11.0 Å². The van der Waals surface area contributed by atoms with Gasteiger partial charge in [-0.05, 0) is 19.1 Å². The first kappa shape index (κ1) is 12.3. The van der Waals surface area contributed by atoms with E-state index in [9.17, 15) is 9.59 Å². The Morgan fingerprint density at radius 2 is 2.17 bits per heavy atom. The molecule has 94 valence electrons. The molecule has 18 heavy (non-hydrogen) atoms. The quantitative estimate of drug-likeness (QED) is 0.844. The molecule has 2 rings (SSSR count). The Kier molecular flexibility index (Phi) is 3.43. The van der Waals surface area contributed by atoms with E-state index in [1.807, 2.05) is 0 Å². The molecule has 5 nitrogen and oxygen atoms in total. The number of carbonyl (C=O) groups is 1. The fourth-order valence-electron chi connectivity index (χ4n) is 1.54. The minimum atomic E-state index is -0.652. The summed E-state index contributed by atoms with van der Waals surface area (Å²) in [6.45, 7) is 1.66. The highest BCUT2D eigenvalue weighted by molar-refractivity contribution is 5.93. The summed E-state index contributed by atoms with van der Waals surface area (Å²) in [6, 6.07) is 7.87. The monoisotopic (exact) mass is 247 g/mol. The Morgan fingerprint density at radius 1 is 1.44 bits per heavy atom. The number of aliphatic hydroxyl groups excluding tert-OH is 1. The van der Waals surface area contributed by atoms with Crippen molar-refractivity contribution in [3.8, 4) is 0 Å². The van der Waals surface area contributed by atoms with Gasteiger partial charge in [0, 0.05) is 12.6 Å². The van der Waals surface area contributed by atoms with Crippen LogP contribution in [-0.2, 0) is 0 Å². The molecule has 2 aromatic rings. The van der Waals surface area contributed by atoms with Gasteiger partial charge in [-0.15, -0.1) is 0 Å². The van der Waals surface area contributed by atoms with Crippen LogP contribution in [0, 0.1) is 0 Å². The third-order valence-electron chi connectivity index (χ3n) is 2.42. The molecule has 2 N–H and O–H groups in total. The average molecular weight is 247 g/mol. The number of hydrogen-bond acceptors (Lipinski definition) is 4. The van der Waals surface area contributed by atoms with Gasteiger partial charge in [0.1, 0.15) is 5.58 Å². The van der Waals surface area contributed by atoms with Crippen LogP contribution in [-0.4, -0.2) is 23.7 Å². The van der Waals surface area contributed by atoms with E-state index in [0.29, 0.717) is 11.0 Å². The lowest BCUT2D eigenvalue weighted by Gasteiger charge is -2.06. The van der Waals surface area contributed by atoms with Crippen molar-refractivity contribution in [2.75, 3.05) is 6.54 Å². The minimum Gasteiger partial charge on any atom is -0.451 e. The molecule has 0 saturated heterocycles. The van der Waals surface area contributed by atoms with E-state index in [-0.39, 0.29) is 17.7 Å². The van der Waals surface area contributed by atoms with E-state index in [0.717, 1.165) is 6.07 Å². The molecule has 5 heteroatoms. The predicted molar refractivity (Wildman–Crippen MR) is 66.5 cm³/mol. The summed E-state index contributed by atoms with van der Waals surface area (Å²) in [6.07, 6.45) is -0.652. The third kappa shape index (κ3) is 2.57. The summed E-state index contributed by atoms with van der Waals surface area (Å²) in [4.78, 5) is 23.4. The van der Waals surface area contributed by atoms with Crippen molar-refractivity contribution in [3.63, 3.8) is 0 Å². The zero-order valence-corrected chi connectivity index (χ0v) is 9.84. The van der Waals surface area contributed by atoms with Gasteiger partial charge in [0.05, 0.1) is 11.5 Å². The number of para-hydroxylation sites is 1.